The van der Waals surface area contributed by atoms with Crippen molar-refractivity contribution in [3.05, 3.63) is 33.9 Å². The first kappa shape index (κ1) is 13.3. The molecule has 0 atom stereocenters. The van der Waals surface area contributed by atoms with Crippen LogP contribution in [0.3, 0.4) is 0 Å². The minimum Gasteiger partial charge on any atom is -0.360 e. The molecular formula is C14H18N2O4. The van der Waals surface area contributed by atoms with Crippen molar-refractivity contribution in [3.63, 3.8) is 0 Å². The Labute approximate surface area is 117 Å². The summed E-state index contributed by atoms with van der Waals surface area (Å²) in [5.74, 6) is -0.575. The van der Waals surface area contributed by atoms with E-state index in [-0.39, 0.29) is 10.6 Å². The second-order valence-electron chi connectivity index (χ2n) is 5.33. The summed E-state index contributed by atoms with van der Waals surface area (Å²) >= 11 is 0. The maximum Gasteiger partial charge on any atom is 0.292 e. The van der Waals surface area contributed by atoms with Gasteiger partial charge in [0.05, 0.1) is 24.7 Å². The Morgan fingerprint density at radius 2 is 2.10 bits per heavy atom. The van der Waals surface area contributed by atoms with Crippen LogP contribution in [0.5, 0.6) is 0 Å². The number of nitro groups is 1. The molecule has 2 fully saturated rings. The Bertz CT molecular complexity index is 526. The summed E-state index contributed by atoms with van der Waals surface area (Å²) in [4.78, 5) is 13.0. The summed E-state index contributed by atoms with van der Waals surface area (Å²) in [6, 6.07) is 5.18. The van der Waals surface area contributed by atoms with Crippen molar-refractivity contribution in [1.29, 1.82) is 0 Å². The zero-order chi connectivity index (χ0) is 14.2. The van der Waals surface area contributed by atoms with E-state index in [1.165, 1.54) is 0 Å². The molecule has 0 unspecified atom stereocenters. The summed E-state index contributed by atoms with van der Waals surface area (Å²) < 4.78 is 11.5. The molecule has 2 heterocycles. The number of benzene rings is 1. The van der Waals surface area contributed by atoms with Crippen molar-refractivity contribution in [2.45, 2.75) is 25.6 Å². The Balaban J connectivity index is 1.94. The van der Waals surface area contributed by atoms with Gasteiger partial charge in [-0.25, -0.2) is 0 Å². The predicted molar refractivity (Wildman–Crippen MR) is 73.9 cm³/mol. The molecule has 2 aliphatic heterocycles. The molecule has 108 valence electrons. The molecule has 6 nitrogen and oxygen atoms in total. The first-order chi connectivity index (χ1) is 9.61. The minimum atomic E-state index is -0.575. The summed E-state index contributed by atoms with van der Waals surface area (Å²) in [5, 5.41) is 11.2. The number of ether oxygens (including phenoxy) is 2. The van der Waals surface area contributed by atoms with Gasteiger partial charge in [-0.15, -0.1) is 0 Å². The Hall–Kier alpha value is -1.66. The number of piperidine rings is 1. The number of nitrogens with zero attached hydrogens (tertiary/aromatic N) is 2. The molecule has 1 aromatic rings. The molecule has 0 aromatic heterocycles. The highest BCUT2D eigenvalue weighted by molar-refractivity contribution is 5.68. The van der Waals surface area contributed by atoms with Gasteiger partial charge >= 0.3 is 0 Å². The van der Waals surface area contributed by atoms with E-state index in [2.05, 4.69) is 0 Å². The van der Waals surface area contributed by atoms with Crippen LogP contribution in [0.2, 0.25) is 0 Å². The molecule has 0 radical (unpaired) electrons. The number of hydrogen-bond donors (Lipinski definition) is 0. The maximum absolute atomic E-state index is 11.2. The van der Waals surface area contributed by atoms with Gasteiger partial charge in [-0.05, 0) is 18.9 Å². The van der Waals surface area contributed by atoms with Gasteiger partial charge in [0.25, 0.3) is 5.69 Å². The molecule has 0 aliphatic carbocycles. The number of rotatable bonds is 2. The van der Waals surface area contributed by atoms with E-state index in [9.17, 15) is 10.1 Å². The van der Waals surface area contributed by atoms with E-state index in [1.807, 2.05) is 17.9 Å². The fourth-order valence-corrected chi connectivity index (χ4v) is 3.11. The van der Waals surface area contributed by atoms with Crippen molar-refractivity contribution in [2.24, 2.45) is 0 Å². The van der Waals surface area contributed by atoms with Crippen molar-refractivity contribution >= 4 is 11.4 Å². The number of anilines is 1. The van der Waals surface area contributed by atoms with Crippen LogP contribution in [-0.2, 0) is 9.47 Å². The fraction of sp³-hybridized carbons (Fsp3) is 0.571. The van der Waals surface area contributed by atoms with Crippen LogP contribution in [0.1, 0.15) is 18.4 Å². The first-order valence-corrected chi connectivity index (χ1v) is 6.88. The topological polar surface area (TPSA) is 64.8 Å². The SMILES string of the molecule is Cc1cccc([N+](=O)[O-])c1N1CCCC2(C1)OCCO2. The predicted octanol–water partition coefficient (Wildman–Crippen LogP) is 2.25. The largest absolute Gasteiger partial charge is 0.360 e. The molecule has 1 aromatic carbocycles. The second kappa shape index (κ2) is 5.03. The van der Waals surface area contributed by atoms with E-state index in [0.717, 1.165) is 24.9 Å². The molecule has 2 saturated heterocycles. The maximum atomic E-state index is 11.2. The van der Waals surface area contributed by atoms with E-state index in [0.29, 0.717) is 25.4 Å². The van der Waals surface area contributed by atoms with Crippen LogP contribution in [0, 0.1) is 17.0 Å². The number of nitro benzene ring substituents is 1. The average molecular weight is 278 g/mol. The standard InChI is InChI=1S/C14H18N2O4/c1-11-4-2-5-12(16(17)18)13(11)15-7-3-6-14(10-15)19-8-9-20-14/h2,4-5H,3,6-10H2,1H3. The van der Waals surface area contributed by atoms with E-state index >= 15 is 0 Å². The zero-order valence-corrected chi connectivity index (χ0v) is 11.5. The lowest BCUT2D eigenvalue weighted by Crippen LogP contribution is -2.49. The fourth-order valence-electron chi connectivity index (χ4n) is 3.11. The minimum absolute atomic E-state index is 0.153. The van der Waals surface area contributed by atoms with E-state index in [4.69, 9.17) is 9.47 Å². The number of aryl methyl sites for hydroxylation is 1. The van der Waals surface area contributed by atoms with Gasteiger partial charge in [-0.1, -0.05) is 12.1 Å². The van der Waals surface area contributed by atoms with E-state index in [1.54, 1.807) is 12.1 Å². The van der Waals surface area contributed by atoms with Crippen LogP contribution in [0.25, 0.3) is 0 Å². The molecule has 0 saturated carbocycles. The molecule has 6 heteroatoms. The molecule has 2 aliphatic rings. The van der Waals surface area contributed by atoms with E-state index < -0.39 is 5.79 Å². The molecular weight excluding hydrogens is 260 g/mol. The lowest BCUT2D eigenvalue weighted by atomic mass is 10.0. The van der Waals surface area contributed by atoms with Gasteiger partial charge in [0.15, 0.2) is 5.79 Å². The summed E-state index contributed by atoms with van der Waals surface area (Å²) in [7, 11) is 0. The summed E-state index contributed by atoms with van der Waals surface area (Å²) in [6.45, 7) is 4.45. The van der Waals surface area contributed by atoms with Crippen LogP contribution < -0.4 is 4.90 Å². The summed E-state index contributed by atoms with van der Waals surface area (Å²) in [6.07, 6.45) is 1.76. The third kappa shape index (κ3) is 2.25. The van der Waals surface area contributed by atoms with Gasteiger partial charge in [0.2, 0.25) is 0 Å². The zero-order valence-electron chi connectivity index (χ0n) is 11.5. The Morgan fingerprint density at radius 1 is 1.35 bits per heavy atom. The monoisotopic (exact) mass is 278 g/mol. The normalized spacial score (nSPS) is 21.4. The lowest BCUT2D eigenvalue weighted by molar-refractivity contribution is -0.384. The second-order valence-corrected chi connectivity index (χ2v) is 5.33. The van der Waals surface area contributed by atoms with Gasteiger partial charge in [0.1, 0.15) is 5.69 Å². The van der Waals surface area contributed by atoms with Crippen molar-refractivity contribution in [1.82, 2.24) is 0 Å². The highest BCUT2D eigenvalue weighted by atomic mass is 16.7. The molecule has 0 bridgehead atoms. The highest BCUT2D eigenvalue weighted by Crippen LogP contribution is 2.37. The smallest absolute Gasteiger partial charge is 0.292 e. The molecule has 0 N–H and O–H groups in total. The molecule has 1 spiro atoms. The van der Waals surface area contributed by atoms with Crippen molar-refractivity contribution < 1.29 is 14.4 Å². The quantitative estimate of drug-likeness (QED) is 0.613. The van der Waals surface area contributed by atoms with Crippen LogP contribution >= 0.6 is 0 Å². The van der Waals surface area contributed by atoms with Crippen LogP contribution in [0.15, 0.2) is 18.2 Å². The van der Waals surface area contributed by atoms with Gasteiger partial charge in [-0.3, -0.25) is 10.1 Å². The molecule has 0 amide bonds. The third-order valence-electron chi connectivity index (χ3n) is 3.96. The van der Waals surface area contributed by atoms with Crippen LogP contribution in [-0.4, -0.2) is 37.0 Å². The van der Waals surface area contributed by atoms with Gasteiger partial charge in [0, 0.05) is 19.0 Å². The molecule has 20 heavy (non-hydrogen) atoms. The average Bonchev–Trinajstić information content (AvgIpc) is 2.86. The van der Waals surface area contributed by atoms with Gasteiger partial charge in [-0.2, -0.15) is 0 Å². The number of para-hydroxylation sites is 1. The summed E-state index contributed by atoms with van der Waals surface area (Å²) in [5.41, 5.74) is 1.75. The lowest BCUT2D eigenvalue weighted by Gasteiger charge is -2.40. The van der Waals surface area contributed by atoms with Gasteiger partial charge < -0.3 is 14.4 Å². The van der Waals surface area contributed by atoms with Crippen LogP contribution in [0.4, 0.5) is 11.4 Å². The number of hydrogen-bond acceptors (Lipinski definition) is 5. The Morgan fingerprint density at radius 3 is 2.80 bits per heavy atom. The third-order valence-corrected chi connectivity index (χ3v) is 3.96. The highest BCUT2D eigenvalue weighted by Gasteiger charge is 2.42. The molecule has 3 rings (SSSR count). The Kier molecular flexibility index (Phi) is 3.35. The van der Waals surface area contributed by atoms with Crippen molar-refractivity contribution in [3.8, 4) is 0 Å². The first-order valence-electron chi connectivity index (χ1n) is 6.88. The van der Waals surface area contributed by atoms with Crippen molar-refractivity contribution in [2.75, 3.05) is 31.2 Å².